The van der Waals surface area contributed by atoms with Crippen LogP contribution in [0.5, 0.6) is 0 Å². The number of carbonyl (C=O) groups is 3. The van der Waals surface area contributed by atoms with Gasteiger partial charge in [-0.1, -0.05) is 62.3 Å². The molecule has 8 nitrogen and oxygen atoms in total. The number of aromatic nitrogens is 2. The molecule has 14 unspecified atom stereocenters. The average Bonchev–Trinajstić information content (AvgIpc) is 3.98. The Morgan fingerprint density at radius 2 is 1.62 bits per heavy atom. The van der Waals surface area contributed by atoms with Crippen molar-refractivity contribution in [2.24, 2.45) is 79.8 Å². The molecule has 0 radical (unpaired) electrons. The molecular formula is C52H74FN3O5. The van der Waals surface area contributed by atoms with Crippen LogP contribution in [0.2, 0.25) is 0 Å². The molecule has 7 fully saturated rings. The first kappa shape index (κ1) is 43.0. The number of amides is 1. The number of hydrogen-bond donors (Lipinski definition) is 2. The zero-order valence-corrected chi connectivity index (χ0v) is 38.6. The zero-order chi connectivity index (χ0) is 43.7. The molecule has 1 amide bonds. The monoisotopic (exact) mass is 840 g/mol. The van der Waals surface area contributed by atoms with Gasteiger partial charge in [0.2, 0.25) is 5.91 Å². The van der Waals surface area contributed by atoms with Gasteiger partial charge in [-0.2, -0.15) is 0 Å². The number of carboxylic acid groups (broad SMARTS) is 1. The number of hydrogen-bond acceptors (Lipinski definition) is 5. The van der Waals surface area contributed by atoms with Gasteiger partial charge >= 0.3 is 11.9 Å². The van der Waals surface area contributed by atoms with E-state index in [2.05, 4.69) is 58.4 Å². The Hall–Kier alpha value is -3.23. The number of aliphatic carboxylic acids is 1. The van der Waals surface area contributed by atoms with Gasteiger partial charge < -0.3 is 19.7 Å². The van der Waals surface area contributed by atoms with Crippen LogP contribution in [0.1, 0.15) is 164 Å². The average molecular weight is 840 g/mol. The van der Waals surface area contributed by atoms with Crippen molar-refractivity contribution in [3.63, 3.8) is 0 Å². The summed E-state index contributed by atoms with van der Waals surface area (Å²) in [6.45, 7) is 22.1. The van der Waals surface area contributed by atoms with E-state index >= 15 is 4.79 Å². The summed E-state index contributed by atoms with van der Waals surface area (Å²) in [5.41, 5.74) is 1.03. The van der Waals surface area contributed by atoms with Crippen LogP contribution < -0.4 is 0 Å². The van der Waals surface area contributed by atoms with Crippen molar-refractivity contribution in [2.45, 2.75) is 164 Å². The van der Waals surface area contributed by atoms with Crippen molar-refractivity contribution >= 4 is 17.8 Å². The zero-order valence-electron chi connectivity index (χ0n) is 38.6. The number of H-pyrrole nitrogens is 1. The lowest BCUT2D eigenvalue weighted by molar-refractivity contribution is -0.253. The number of nitrogens with zero attached hydrogens (tertiary/aromatic N) is 2. The lowest BCUT2D eigenvalue weighted by Gasteiger charge is -2.73. The molecular weight excluding hydrogens is 766 g/mol. The number of imidazole rings is 1. The maximum Gasteiger partial charge on any atom is 0.309 e. The molecule has 6 saturated carbocycles. The third kappa shape index (κ3) is 6.05. The van der Waals surface area contributed by atoms with E-state index in [0.29, 0.717) is 54.3 Å². The minimum absolute atomic E-state index is 0.0732. The summed E-state index contributed by atoms with van der Waals surface area (Å²) in [6.07, 6.45) is 15.3. The minimum Gasteiger partial charge on any atom is -0.481 e. The molecule has 334 valence electrons. The molecule has 0 bridgehead atoms. The number of likely N-dealkylation sites (tertiary alicyclic amines) is 1. The SMILES string of the molecule is CCC1(C)C(C(=O)O)CC1C(=O)OC1CCC2(C)C(CCC3(C)C2CCC2C4C(C(C)C)CCC4(C(=O)N4CCCC4c4ncc(-c5ccc(F)cc5)[nH]4)CCC23C)C1(C)C. The van der Waals surface area contributed by atoms with Crippen molar-refractivity contribution in [1.82, 2.24) is 14.9 Å². The fourth-order valence-electron chi connectivity index (χ4n) is 17.1. The maximum atomic E-state index is 15.6. The Kier molecular flexibility index (Phi) is 10.3. The molecule has 1 aliphatic heterocycles. The van der Waals surface area contributed by atoms with Gasteiger partial charge in [0.05, 0.1) is 35.2 Å². The van der Waals surface area contributed by atoms with E-state index in [9.17, 15) is 19.1 Å². The van der Waals surface area contributed by atoms with Crippen LogP contribution in [-0.2, 0) is 19.1 Å². The molecule has 1 saturated heterocycles. The predicted octanol–water partition coefficient (Wildman–Crippen LogP) is 11.7. The summed E-state index contributed by atoms with van der Waals surface area (Å²) in [5, 5.41) is 9.84. The van der Waals surface area contributed by atoms with Crippen molar-refractivity contribution in [3.05, 3.63) is 42.1 Å². The Balaban J connectivity index is 0.961. The van der Waals surface area contributed by atoms with Crippen molar-refractivity contribution < 1.29 is 28.6 Å². The normalized spacial score (nSPS) is 43.7. The lowest BCUT2D eigenvalue weighted by Crippen LogP contribution is -2.67. The van der Waals surface area contributed by atoms with Crippen LogP contribution in [0, 0.1) is 85.7 Å². The van der Waals surface area contributed by atoms with E-state index in [1.807, 2.05) is 20.0 Å². The topological polar surface area (TPSA) is 113 Å². The number of aromatic amines is 1. The number of benzene rings is 1. The maximum absolute atomic E-state index is 15.6. The number of carboxylic acids is 1. The van der Waals surface area contributed by atoms with Gasteiger partial charge in [-0.25, -0.2) is 9.37 Å². The molecule has 7 aliphatic rings. The van der Waals surface area contributed by atoms with Crippen LogP contribution in [0.25, 0.3) is 11.3 Å². The van der Waals surface area contributed by atoms with Gasteiger partial charge in [0.15, 0.2) is 0 Å². The molecule has 9 heteroatoms. The molecule has 0 spiro atoms. The molecule has 2 N–H and O–H groups in total. The Bertz CT molecular complexity index is 2050. The van der Waals surface area contributed by atoms with Gasteiger partial charge in [-0.15, -0.1) is 0 Å². The minimum atomic E-state index is -0.803. The van der Waals surface area contributed by atoms with Crippen LogP contribution in [-0.4, -0.2) is 50.5 Å². The highest BCUT2D eigenvalue weighted by Crippen LogP contribution is 2.78. The van der Waals surface area contributed by atoms with Gasteiger partial charge in [-0.05, 0) is 177 Å². The van der Waals surface area contributed by atoms with E-state index in [4.69, 9.17) is 9.72 Å². The number of rotatable bonds is 8. The summed E-state index contributed by atoms with van der Waals surface area (Å²) in [4.78, 5) is 52.0. The van der Waals surface area contributed by atoms with Crippen LogP contribution in [0.3, 0.4) is 0 Å². The van der Waals surface area contributed by atoms with Gasteiger partial charge in [-0.3, -0.25) is 14.4 Å². The van der Waals surface area contributed by atoms with E-state index in [1.54, 1.807) is 12.1 Å². The third-order valence-electron chi connectivity index (χ3n) is 21.0. The highest BCUT2D eigenvalue weighted by molar-refractivity contribution is 5.85. The first-order chi connectivity index (χ1) is 28.8. The number of fused-ring (bicyclic) bond motifs is 7. The number of halogens is 1. The summed E-state index contributed by atoms with van der Waals surface area (Å²) in [5.74, 6) is 2.00. The van der Waals surface area contributed by atoms with Gasteiger partial charge in [0.25, 0.3) is 0 Å². The van der Waals surface area contributed by atoms with Crippen molar-refractivity contribution in [3.8, 4) is 11.3 Å². The quantitative estimate of drug-likeness (QED) is 0.256. The van der Waals surface area contributed by atoms with Crippen LogP contribution >= 0.6 is 0 Å². The smallest absolute Gasteiger partial charge is 0.309 e. The summed E-state index contributed by atoms with van der Waals surface area (Å²) in [6, 6.07) is 6.44. The van der Waals surface area contributed by atoms with Crippen molar-refractivity contribution in [2.75, 3.05) is 6.54 Å². The number of carbonyl (C=O) groups excluding carboxylic acids is 2. The van der Waals surface area contributed by atoms with Crippen LogP contribution in [0.4, 0.5) is 4.39 Å². The fraction of sp³-hybridized carbons (Fsp3) is 0.769. The number of nitrogens with one attached hydrogen (secondary N) is 1. The van der Waals surface area contributed by atoms with Crippen molar-refractivity contribution in [1.29, 1.82) is 0 Å². The molecule has 2 aromatic rings. The Morgan fingerprint density at radius 3 is 2.31 bits per heavy atom. The van der Waals surface area contributed by atoms with E-state index in [1.165, 1.54) is 25.0 Å². The second-order valence-corrected chi connectivity index (χ2v) is 23.5. The third-order valence-corrected chi connectivity index (χ3v) is 21.0. The van der Waals surface area contributed by atoms with Gasteiger partial charge in [0, 0.05) is 12.0 Å². The molecule has 1 aromatic heterocycles. The first-order valence-corrected chi connectivity index (χ1v) is 24.3. The molecule has 6 aliphatic carbocycles. The van der Waals surface area contributed by atoms with E-state index < -0.39 is 17.3 Å². The summed E-state index contributed by atoms with van der Waals surface area (Å²) >= 11 is 0. The molecule has 2 heterocycles. The fourth-order valence-corrected chi connectivity index (χ4v) is 17.1. The number of esters is 1. The first-order valence-electron chi connectivity index (χ1n) is 24.3. The Labute approximate surface area is 364 Å². The standard InChI is InChI=1S/C52H74FN3O5/c1-10-48(6)35(44(57)58)28-36(48)45(59)61-41-21-22-49(7)39(47(41,4)5)20-23-51(9)40(49)18-17-34-42-33(30(2)3)19-24-52(42,26-25-50(34,51)8)46(60)56-27-11-12-38(56)43-54-29-37(55-43)31-13-15-32(53)16-14-31/h13-16,29-30,33-36,38-42H,10-12,17-28H2,1-9H3,(H,54,55)(H,57,58). The highest BCUT2D eigenvalue weighted by Gasteiger charge is 2.73. The molecule has 61 heavy (non-hydrogen) atoms. The summed E-state index contributed by atoms with van der Waals surface area (Å²) in [7, 11) is 0. The highest BCUT2D eigenvalue weighted by atomic mass is 19.1. The lowest BCUT2D eigenvalue weighted by atomic mass is 9.32. The predicted molar refractivity (Wildman–Crippen MR) is 234 cm³/mol. The molecule has 9 rings (SSSR count). The molecule has 1 aromatic carbocycles. The number of ether oxygens (including phenoxy) is 1. The molecule has 14 atom stereocenters. The second-order valence-electron chi connectivity index (χ2n) is 23.5. The largest absolute Gasteiger partial charge is 0.481 e. The van der Waals surface area contributed by atoms with E-state index in [0.717, 1.165) is 87.8 Å². The van der Waals surface area contributed by atoms with Gasteiger partial charge in [0.1, 0.15) is 17.7 Å². The van der Waals surface area contributed by atoms with Crippen LogP contribution in [0.15, 0.2) is 30.5 Å². The second kappa shape index (κ2) is 14.7. The Morgan fingerprint density at radius 1 is 0.885 bits per heavy atom. The van der Waals surface area contributed by atoms with E-state index in [-0.39, 0.29) is 56.9 Å². The summed E-state index contributed by atoms with van der Waals surface area (Å²) < 4.78 is 20.3.